The van der Waals surface area contributed by atoms with Gasteiger partial charge in [-0.1, -0.05) is 12.1 Å². The maximum Gasteiger partial charge on any atom is 0.416 e. The largest absolute Gasteiger partial charge is 0.416 e. The lowest BCUT2D eigenvalue weighted by Gasteiger charge is -2.14. The number of hydrogen-bond acceptors (Lipinski definition) is 6. The number of anilines is 3. The molecule has 6 nitrogen and oxygen atoms in total. The Morgan fingerprint density at radius 3 is 2.72 bits per heavy atom. The van der Waals surface area contributed by atoms with E-state index in [1.807, 2.05) is 11.4 Å². The van der Waals surface area contributed by atoms with E-state index in [1.165, 1.54) is 23.5 Å². The van der Waals surface area contributed by atoms with Gasteiger partial charge in [0.15, 0.2) is 0 Å². The van der Waals surface area contributed by atoms with E-state index in [4.69, 9.17) is 0 Å². The number of halogens is 3. The van der Waals surface area contributed by atoms with Gasteiger partial charge in [0.25, 0.3) is 5.91 Å². The predicted octanol–water partition coefficient (Wildman–Crippen LogP) is 5.41. The third-order valence-corrected chi connectivity index (χ3v) is 5.83. The fourth-order valence-electron chi connectivity index (χ4n) is 3.18. The molecule has 1 fully saturated rings. The molecule has 0 aliphatic heterocycles. The van der Waals surface area contributed by atoms with Crippen molar-refractivity contribution in [2.75, 3.05) is 23.7 Å². The van der Waals surface area contributed by atoms with Gasteiger partial charge in [-0.2, -0.15) is 18.2 Å². The summed E-state index contributed by atoms with van der Waals surface area (Å²) < 4.78 is 38.9. The van der Waals surface area contributed by atoms with Crippen LogP contribution in [0.3, 0.4) is 0 Å². The topological polar surface area (TPSA) is 78.9 Å². The van der Waals surface area contributed by atoms with Gasteiger partial charge in [-0.25, -0.2) is 4.98 Å². The molecule has 3 N–H and O–H groups in total. The van der Waals surface area contributed by atoms with Crippen LogP contribution in [-0.4, -0.2) is 29.0 Å². The highest BCUT2D eigenvalue weighted by Crippen LogP contribution is 2.43. The number of carbonyl (C=O) groups is 1. The summed E-state index contributed by atoms with van der Waals surface area (Å²) in [5.74, 6) is 1.20. The van der Waals surface area contributed by atoms with Crippen LogP contribution in [0.4, 0.5) is 30.6 Å². The van der Waals surface area contributed by atoms with Gasteiger partial charge in [-0.3, -0.25) is 4.79 Å². The molecule has 168 valence electrons. The summed E-state index contributed by atoms with van der Waals surface area (Å²) in [7, 11) is 0. The maximum atomic E-state index is 13.0. The molecule has 1 aromatic carbocycles. The number of benzene rings is 1. The van der Waals surface area contributed by atoms with Gasteiger partial charge in [-0.05, 0) is 54.8 Å². The molecule has 0 saturated heterocycles. The van der Waals surface area contributed by atoms with Crippen LogP contribution in [0.5, 0.6) is 0 Å². The monoisotopic (exact) mass is 461 g/mol. The van der Waals surface area contributed by atoms with E-state index in [1.54, 1.807) is 12.3 Å². The molecule has 1 amide bonds. The normalized spacial score (nSPS) is 13.6. The number of amides is 1. The average molecular weight is 462 g/mol. The third kappa shape index (κ3) is 5.76. The van der Waals surface area contributed by atoms with Crippen LogP contribution in [0.2, 0.25) is 0 Å². The molecule has 1 saturated carbocycles. The Morgan fingerprint density at radius 1 is 1.16 bits per heavy atom. The zero-order chi connectivity index (χ0) is 22.6. The maximum absolute atomic E-state index is 13.0. The number of nitrogens with one attached hydrogen (secondary N) is 3. The van der Waals surface area contributed by atoms with E-state index in [2.05, 4.69) is 25.9 Å². The quantitative estimate of drug-likeness (QED) is 0.372. The molecular formula is C22H22F3N5OS. The summed E-state index contributed by atoms with van der Waals surface area (Å²) in [5.41, 5.74) is 0.531. The molecule has 2 heterocycles. The summed E-state index contributed by atoms with van der Waals surface area (Å²) >= 11 is 1.39. The van der Waals surface area contributed by atoms with Crippen LogP contribution in [0.25, 0.3) is 0 Å². The van der Waals surface area contributed by atoms with Crippen LogP contribution in [-0.2, 0) is 6.18 Å². The fourth-order valence-corrected chi connectivity index (χ4v) is 3.82. The Labute approximate surface area is 187 Å². The van der Waals surface area contributed by atoms with Crippen LogP contribution < -0.4 is 16.0 Å². The standard InChI is InChI=1S/C22H22F3N5OS/c23-22(24,25)15-4-1-5-16(12-15)29-21-28-13-17(14-7-8-14)19(30-21)26-9-3-10-27-20(31)18-6-2-11-32-18/h1-2,4-6,11-14H,3,7-10H2,(H,27,31)(H2,26,28,29,30). The first kappa shape index (κ1) is 22.1. The number of hydrogen-bond donors (Lipinski definition) is 3. The molecule has 0 spiro atoms. The Balaban J connectivity index is 1.36. The second-order valence-electron chi connectivity index (χ2n) is 7.49. The first-order valence-corrected chi connectivity index (χ1v) is 11.1. The molecule has 2 aromatic heterocycles. The number of rotatable bonds is 9. The van der Waals surface area contributed by atoms with Crippen molar-refractivity contribution >= 4 is 34.7 Å². The SMILES string of the molecule is O=C(NCCCNc1nc(Nc2cccc(C(F)(F)F)c2)ncc1C1CC1)c1cccs1. The van der Waals surface area contributed by atoms with Gasteiger partial charge < -0.3 is 16.0 Å². The van der Waals surface area contributed by atoms with Gasteiger partial charge in [0.1, 0.15) is 5.82 Å². The molecule has 3 aromatic rings. The number of carbonyl (C=O) groups excluding carboxylic acids is 1. The Morgan fingerprint density at radius 2 is 2.00 bits per heavy atom. The molecule has 0 unspecified atom stereocenters. The first-order valence-electron chi connectivity index (χ1n) is 10.3. The highest BCUT2D eigenvalue weighted by Gasteiger charge is 2.30. The van der Waals surface area contributed by atoms with Crippen molar-refractivity contribution in [1.29, 1.82) is 0 Å². The number of thiophene rings is 1. The Bertz CT molecular complexity index is 1070. The average Bonchev–Trinajstić information content (AvgIpc) is 3.45. The molecule has 0 radical (unpaired) electrons. The van der Waals surface area contributed by atoms with Gasteiger partial charge in [-0.15, -0.1) is 11.3 Å². The highest BCUT2D eigenvalue weighted by molar-refractivity contribution is 7.12. The molecule has 32 heavy (non-hydrogen) atoms. The Kier molecular flexibility index (Phi) is 6.59. The fraction of sp³-hybridized carbons (Fsp3) is 0.318. The van der Waals surface area contributed by atoms with E-state index >= 15 is 0 Å². The number of aromatic nitrogens is 2. The molecule has 4 rings (SSSR count). The summed E-state index contributed by atoms with van der Waals surface area (Å²) in [6.07, 6.45) is 0.133. The minimum atomic E-state index is -4.42. The van der Waals surface area contributed by atoms with Crippen LogP contribution in [0.15, 0.2) is 48.0 Å². The zero-order valence-electron chi connectivity index (χ0n) is 17.1. The van der Waals surface area contributed by atoms with E-state index in [9.17, 15) is 18.0 Å². The van der Waals surface area contributed by atoms with Crippen molar-refractivity contribution in [3.63, 3.8) is 0 Å². The highest BCUT2D eigenvalue weighted by atomic mass is 32.1. The minimum Gasteiger partial charge on any atom is -0.370 e. The van der Waals surface area contributed by atoms with E-state index in [0.29, 0.717) is 36.1 Å². The van der Waals surface area contributed by atoms with Gasteiger partial charge in [0.2, 0.25) is 5.95 Å². The second kappa shape index (κ2) is 9.56. The third-order valence-electron chi connectivity index (χ3n) is 4.96. The van der Waals surface area contributed by atoms with Gasteiger partial charge >= 0.3 is 6.18 Å². The van der Waals surface area contributed by atoms with Crippen molar-refractivity contribution in [2.24, 2.45) is 0 Å². The molecule has 1 aliphatic rings. The molecule has 10 heteroatoms. The van der Waals surface area contributed by atoms with Crippen molar-refractivity contribution in [1.82, 2.24) is 15.3 Å². The molecule has 0 atom stereocenters. The number of nitrogens with zero attached hydrogens (tertiary/aromatic N) is 2. The van der Waals surface area contributed by atoms with Gasteiger partial charge in [0, 0.05) is 30.5 Å². The minimum absolute atomic E-state index is 0.0896. The molecule has 0 bridgehead atoms. The predicted molar refractivity (Wildman–Crippen MR) is 118 cm³/mol. The van der Waals surface area contributed by atoms with Crippen LogP contribution in [0.1, 0.15) is 46.0 Å². The van der Waals surface area contributed by atoms with Crippen molar-refractivity contribution in [2.45, 2.75) is 31.4 Å². The first-order chi connectivity index (χ1) is 15.4. The molecule has 1 aliphatic carbocycles. The van der Waals surface area contributed by atoms with Crippen molar-refractivity contribution in [3.05, 3.63) is 64.0 Å². The number of alkyl halides is 3. The van der Waals surface area contributed by atoms with E-state index in [0.717, 1.165) is 30.5 Å². The lowest BCUT2D eigenvalue weighted by Crippen LogP contribution is -2.25. The van der Waals surface area contributed by atoms with E-state index < -0.39 is 11.7 Å². The molecular weight excluding hydrogens is 439 g/mol. The van der Waals surface area contributed by atoms with Crippen molar-refractivity contribution in [3.8, 4) is 0 Å². The summed E-state index contributed by atoms with van der Waals surface area (Å²) in [4.78, 5) is 21.4. The summed E-state index contributed by atoms with van der Waals surface area (Å²) in [6.45, 7) is 1.10. The lowest BCUT2D eigenvalue weighted by molar-refractivity contribution is -0.137. The summed E-state index contributed by atoms with van der Waals surface area (Å²) in [6, 6.07) is 8.54. The summed E-state index contributed by atoms with van der Waals surface area (Å²) in [5, 5.41) is 10.9. The lowest BCUT2D eigenvalue weighted by atomic mass is 10.2. The van der Waals surface area contributed by atoms with Crippen molar-refractivity contribution < 1.29 is 18.0 Å². The Hall–Kier alpha value is -3.14. The zero-order valence-corrected chi connectivity index (χ0v) is 17.9. The van der Waals surface area contributed by atoms with Crippen LogP contribution >= 0.6 is 11.3 Å². The van der Waals surface area contributed by atoms with E-state index in [-0.39, 0.29) is 17.5 Å². The van der Waals surface area contributed by atoms with Crippen LogP contribution in [0, 0.1) is 0 Å². The van der Waals surface area contributed by atoms with Gasteiger partial charge in [0.05, 0.1) is 10.4 Å². The smallest absolute Gasteiger partial charge is 0.370 e. The second-order valence-corrected chi connectivity index (χ2v) is 8.44.